The normalized spacial score (nSPS) is 10.5. The van der Waals surface area contributed by atoms with Crippen LogP contribution in [0.1, 0.15) is 51.5 Å². The van der Waals surface area contributed by atoms with E-state index in [4.69, 9.17) is 9.47 Å². The topological polar surface area (TPSA) is 30.5 Å². The van der Waals surface area contributed by atoms with Gasteiger partial charge in [0.25, 0.3) is 0 Å². The lowest BCUT2D eigenvalue weighted by Gasteiger charge is -2.10. The van der Waals surface area contributed by atoms with E-state index in [0.29, 0.717) is 0 Å². The Morgan fingerprint density at radius 2 is 1.56 bits per heavy atom. The molecule has 0 aliphatic carbocycles. The van der Waals surface area contributed by atoms with Crippen molar-refractivity contribution >= 4 is 5.69 Å². The molecule has 3 heteroatoms. The van der Waals surface area contributed by atoms with Crippen LogP contribution in [0.5, 0.6) is 11.5 Å². The number of rotatable bonds is 12. The molecule has 2 aromatic rings. The minimum absolute atomic E-state index is 0.753. The van der Waals surface area contributed by atoms with Crippen LogP contribution in [0.25, 0.3) is 0 Å². The van der Waals surface area contributed by atoms with Crippen molar-refractivity contribution in [1.29, 1.82) is 0 Å². The van der Waals surface area contributed by atoms with Gasteiger partial charge in [-0.1, -0.05) is 51.3 Å². The van der Waals surface area contributed by atoms with Crippen molar-refractivity contribution in [3.05, 3.63) is 54.1 Å². The van der Waals surface area contributed by atoms with Crippen LogP contribution >= 0.6 is 0 Å². The summed E-state index contributed by atoms with van der Waals surface area (Å²) >= 11 is 0. The molecule has 0 bridgehead atoms. The Labute approximate surface area is 152 Å². The summed E-state index contributed by atoms with van der Waals surface area (Å²) < 4.78 is 11.5. The first kappa shape index (κ1) is 19.2. The van der Waals surface area contributed by atoms with E-state index in [2.05, 4.69) is 49.5 Å². The zero-order chi connectivity index (χ0) is 17.7. The number of nitrogens with one attached hydrogen (secondary N) is 1. The quantitative estimate of drug-likeness (QED) is 0.477. The fraction of sp³-hybridized carbons (Fsp3) is 0.455. The number of unbranched alkanes of at least 4 members (excludes halogenated alkanes) is 3. The van der Waals surface area contributed by atoms with Crippen LogP contribution < -0.4 is 14.8 Å². The molecular weight excluding hydrogens is 310 g/mol. The van der Waals surface area contributed by atoms with Gasteiger partial charge in [0.05, 0.1) is 13.2 Å². The lowest BCUT2D eigenvalue weighted by Crippen LogP contribution is -2.01. The molecule has 0 radical (unpaired) electrons. The van der Waals surface area contributed by atoms with Gasteiger partial charge >= 0.3 is 0 Å². The van der Waals surface area contributed by atoms with Crippen molar-refractivity contribution < 1.29 is 9.47 Å². The third-order valence-corrected chi connectivity index (χ3v) is 3.99. The fourth-order valence-corrected chi connectivity index (χ4v) is 2.54. The van der Waals surface area contributed by atoms with Gasteiger partial charge in [-0.2, -0.15) is 0 Å². The largest absolute Gasteiger partial charge is 0.494 e. The molecule has 0 aromatic heterocycles. The molecule has 0 amide bonds. The van der Waals surface area contributed by atoms with Crippen molar-refractivity contribution in [1.82, 2.24) is 0 Å². The van der Waals surface area contributed by atoms with Crippen LogP contribution in [-0.4, -0.2) is 13.2 Å². The first-order valence-electron chi connectivity index (χ1n) is 9.50. The highest BCUT2D eigenvalue weighted by molar-refractivity contribution is 5.48. The molecular formula is C22H31NO2. The summed E-state index contributed by atoms with van der Waals surface area (Å²) in [6.07, 6.45) is 5.95. The minimum atomic E-state index is 0.753. The predicted octanol–water partition coefficient (Wildman–Crippen LogP) is 6.05. The molecule has 0 saturated carbocycles. The summed E-state index contributed by atoms with van der Waals surface area (Å²) in [7, 11) is 0. The maximum absolute atomic E-state index is 5.79. The van der Waals surface area contributed by atoms with Gasteiger partial charge in [-0.15, -0.1) is 0 Å². The molecule has 1 N–H and O–H groups in total. The smallest absolute Gasteiger partial charge is 0.121 e. The van der Waals surface area contributed by atoms with Crippen LogP contribution in [0.15, 0.2) is 48.5 Å². The summed E-state index contributed by atoms with van der Waals surface area (Å²) in [6, 6.07) is 16.5. The SMILES string of the molecule is CCCCCCOc1ccc(CNc2cccc(OCCC)c2)cc1. The Balaban J connectivity index is 1.75. The van der Waals surface area contributed by atoms with Gasteiger partial charge in [-0.05, 0) is 42.7 Å². The number of benzene rings is 2. The van der Waals surface area contributed by atoms with Gasteiger partial charge in [0.1, 0.15) is 11.5 Å². The summed E-state index contributed by atoms with van der Waals surface area (Å²) in [5, 5.41) is 3.44. The zero-order valence-electron chi connectivity index (χ0n) is 15.6. The Bertz CT molecular complexity index is 595. The summed E-state index contributed by atoms with van der Waals surface area (Å²) in [4.78, 5) is 0. The van der Waals surface area contributed by atoms with E-state index < -0.39 is 0 Å². The molecule has 0 aliphatic heterocycles. The molecule has 3 nitrogen and oxygen atoms in total. The number of hydrogen-bond acceptors (Lipinski definition) is 3. The highest BCUT2D eigenvalue weighted by Gasteiger charge is 1.99. The molecule has 0 atom stereocenters. The molecule has 0 unspecified atom stereocenters. The molecule has 0 aliphatic rings. The number of ether oxygens (including phenoxy) is 2. The molecule has 0 spiro atoms. The van der Waals surface area contributed by atoms with Gasteiger partial charge in [-0.25, -0.2) is 0 Å². The van der Waals surface area contributed by atoms with E-state index in [-0.39, 0.29) is 0 Å². The van der Waals surface area contributed by atoms with Crippen molar-refractivity contribution in [2.45, 2.75) is 52.5 Å². The average molecular weight is 341 g/mol. The predicted molar refractivity (Wildman–Crippen MR) is 106 cm³/mol. The van der Waals surface area contributed by atoms with Gasteiger partial charge in [0.15, 0.2) is 0 Å². The highest BCUT2D eigenvalue weighted by Crippen LogP contribution is 2.19. The third kappa shape index (κ3) is 7.51. The Kier molecular flexibility index (Phi) is 8.74. The highest BCUT2D eigenvalue weighted by atomic mass is 16.5. The van der Waals surface area contributed by atoms with Gasteiger partial charge in [0, 0.05) is 18.3 Å². The van der Waals surface area contributed by atoms with E-state index in [1.54, 1.807) is 0 Å². The van der Waals surface area contributed by atoms with Crippen molar-refractivity contribution in [3.8, 4) is 11.5 Å². The second-order valence-corrected chi connectivity index (χ2v) is 6.28. The minimum Gasteiger partial charge on any atom is -0.494 e. The summed E-state index contributed by atoms with van der Waals surface area (Å²) in [5.41, 5.74) is 2.31. The van der Waals surface area contributed by atoms with Gasteiger partial charge in [0.2, 0.25) is 0 Å². The van der Waals surface area contributed by atoms with Crippen molar-refractivity contribution in [2.75, 3.05) is 18.5 Å². The third-order valence-electron chi connectivity index (χ3n) is 3.99. The number of hydrogen-bond donors (Lipinski definition) is 1. The Hall–Kier alpha value is -2.16. The molecule has 2 aromatic carbocycles. The van der Waals surface area contributed by atoms with Crippen molar-refractivity contribution in [2.24, 2.45) is 0 Å². The summed E-state index contributed by atoms with van der Waals surface area (Å²) in [5.74, 6) is 1.87. The second kappa shape index (κ2) is 11.4. The zero-order valence-corrected chi connectivity index (χ0v) is 15.6. The van der Waals surface area contributed by atoms with Crippen LogP contribution in [-0.2, 0) is 6.54 Å². The second-order valence-electron chi connectivity index (χ2n) is 6.28. The molecule has 0 fully saturated rings. The van der Waals surface area contributed by atoms with Crippen LogP contribution in [0.2, 0.25) is 0 Å². The fourth-order valence-electron chi connectivity index (χ4n) is 2.54. The molecule has 136 valence electrons. The maximum Gasteiger partial charge on any atom is 0.121 e. The lowest BCUT2D eigenvalue weighted by atomic mass is 10.2. The first-order valence-corrected chi connectivity index (χ1v) is 9.50. The molecule has 2 rings (SSSR count). The molecule has 0 saturated heterocycles. The monoisotopic (exact) mass is 341 g/mol. The maximum atomic E-state index is 5.79. The van der Waals surface area contributed by atoms with Crippen LogP contribution in [0, 0.1) is 0 Å². The van der Waals surface area contributed by atoms with Crippen LogP contribution in [0.3, 0.4) is 0 Å². The van der Waals surface area contributed by atoms with Crippen molar-refractivity contribution in [3.63, 3.8) is 0 Å². The van der Waals surface area contributed by atoms with Crippen LogP contribution in [0.4, 0.5) is 5.69 Å². The molecule has 25 heavy (non-hydrogen) atoms. The lowest BCUT2D eigenvalue weighted by molar-refractivity contribution is 0.305. The van der Waals surface area contributed by atoms with E-state index in [0.717, 1.165) is 49.8 Å². The number of anilines is 1. The standard InChI is InChI=1S/C22H31NO2/c1-3-5-6-7-16-25-21-13-11-19(12-14-21)18-23-20-9-8-10-22(17-20)24-15-4-2/h8-14,17,23H,3-7,15-16,18H2,1-2H3. The van der Waals surface area contributed by atoms with E-state index in [1.165, 1.54) is 24.8 Å². The van der Waals surface area contributed by atoms with Gasteiger partial charge < -0.3 is 14.8 Å². The van der Waals surface area contributed by atoms with E-state index in [1.807, 2.05) is 18.2 Å². The van der Waals surface area contributed by atoms with Gasteiger partial charge in [-0.3, -0.25) is 0 Å². The van der Waals surface area contributed by atoms with E-state index in [9.17, 15) is 0 Å². The molecule has 0 heterocycles. The van der Waals surface area contributed by atoms with E-state index >= 15 is 0 Å². The summed E-state index contributed by atoms with van der Waals surface area (Å²) in [6.45, 7) is 6.68. The Morgan fingerprint density at radius 3 is 2.32 bits per heavy atom. The average Bonchev–Trinajstić information content (AvgIpc) is 2.66. The first-order chi connectivity index (χ1) is 12.3. The Morgan fingerprint density at radius 1 is 0.760 bits per heavy atom.